The van der Waals surface area contributed by atoms with Crippen molar-refractivity contribution >= 4 is 16.3 Å². The number of hydrogen-bond acceptors (Lipinski definition) is 5. The van der Waals surface area contributed by atoms with Crippen molar-refractivity contribution in [3.8, 4) is 0 Å². The second-order valence-corrected chi connectivity index (χ2v) is 6.08. The molecule has 0 spiro atoms. The molecule has 18 heavy (non-hydrogen) atoms. The lowest BCUT2D eigenvalue weighted by Crippen LogP contribution is -2.44. The topological polar surface area (TPSA) is 87.7 Å². The molecule has 0 aromatic rings. The van der Waals surface area contributed by atoms with Gasteiger partial charge in [-0.25, -0.2) is 9.52 Å². The van der Waals surface area contributed by atoms with Crippen molar-refractivity contribution in [1.29, 1.82) is 0 Å². The maximum absolute atomic E-state index is 11.8. The van der Waals surface area contributed by atoms with Crippen LogP contribution in [0.2, 0.25) is 0 Å². The van der Waals surface area contributed by atoms with E-state index in [1.54, 1.807) is 6.92 Å². The Kier molecular flexibility index (Phi) is 5.83. The van der Waals surface area contributed by atoms with Crippen LogP contribution in [0.1, 0.15) is 19.8 Å². The van der Waals surface area contributed by atoms with Crippen molar-refractivity contribution in [3.63, 3.8) is 0 Å². The van der Waals surface area contributed by atoms with E-state index in [2.05, 4.69) is 10.1 Å². The van der Waals surface area contributed by atoms with Crippen molar-refractivity contribution in [2.45, 2.75) is 19.8 Å². The van der Waals surface area contributed by atoms with Crippen LogP contribution in [0, 0.1) is 5.92 Å². The SMILES string of the molecule is CCOC(=O)NS(=O)(=O)N(C)CC1CCNCC1. The molecule has 0 unspecified atom stereocenters. The first-order chi connectivity index (χ1) is 8.45. The lowest BCUT2D eigenvalue weighted by atomic mass is 9.98. The second kappa shape index (κ2) is 6.91. The van der Waals surface area contributed by atoms with Crippen LogP contribution in [0.5, 0.6) is 0 Å². The molecule has 0 aromatic heterocycles. The van der Waals surface area contributed by atoms with Crippen molar-refractivity contribution < 1.29 is 17.9 Å². The molecule has 0 bridgehead atoms. The molecule has 1 heterocycles. The molecule has 1 amide bonds. The molecule has 1 rings (SSSR count). The number of amides is 1. The number of carbonyl (C=O) groups is 1. The third kappa shape index (κ3) is 4.79. The van der Waals surface area contributed by atoms with Crippen molar-refractivity contribution in [2.24, 2.45) is 5.92 Å². The normalized spacial score (nSPS) is 17.7. The molecule has 0 aliphatic carbocycles. The summed E-state index contributed by atoms with van der Waals surface area (Å²) in [5.74, 6) is 0.329. The molecule has 0 atom stereocenters. The van der Waals surface area contributed by atoms with Gasteiger partial charge in [0.1, 0.15) is 0 Å². The summed E-state index contributed by atoms with van der Waals surface area (Å²) in [4.78, 5) is 11.1. The predicted octanol–water partition coefficient (Wildman–Crippen LogP) is -0.0913. The van der Waals surface area contributed by atoms with E-state index in [0.717, 1.165) is 25.9 Å². The summed E-state index contributed by atoms with van der Waals surface area (Å²) < 4.78 is 31.2. The third-order valence-electron chi connectivity index (χ3n) is 2.87. The second-order valence-electron chi connectivity index (χ2n) is 4.30. The van der Waals surface area contributed by atoms with Gasteiger partial charge in [0, 0.05) is 13.6 Å². The van der Waals surface area contributed by atoms with Crippen molar-refractivity contribution in [1.82, 2.24) is 14.3 Å². The Balaban J connectivity index is 2.47. The molecule has 2 N–H and O–H groups in total. The molecule has 1 aliphatic rings. The summed E-state index contributed by atoms with van der Waals surface area (Å²) in [5, 5.41) is 3.22. The third-order valence-corrected chi connectivity index (χ3v) is 4.27. The largest absolute Gasteiger partial charge is 0.449 e. The number of carbonyl (C=O) groups excluding carboxylic acids is 1. The van der Waals surface area contributed by atoms with E-state index in [1.807, 2.05) is 4.72 Å². The Hall–Kier alpha value is -0.860. The quantitative estimate of drug-likeness (QED) is 0.734. The zero-order chi connectivity index (χ0) is 13.6. The van der Waals surface area contributed by atoms with Crippen LogP contribution in [-0.2, 0) is 14.9 Å². The van der Waals surface area contributed by atoms with Gasteiger partial charge in [0.15, 0.2) is 0 Å². The molecular weight excluding hydrogens is 258 g/mol. The monoisotopic (exact) mass is 279 g/mol. The highest BCUT2D eigenvalue weighted by atomic mass is 32.2. The fraction of sp³-hybridized carbons (Fsp3) is 0.900. The minimum atomic E-state index is -3.79. The maximum atomic E-state index is 11.8. The summed E-state index contributed by atoms with van der Waals surface area (Å²) in [6.45, 7) is 3.98. The van der Waals surface area contributed by atoms with E-state index in [1.165, 1.54) is 11.4 Å². The van der Waals surface area contributed by atoms with Crippen LogP contribution in [0.4, 0.5) is 4.79 Å². The van der Waals surface area contributed by atoms with Gasteiger partial charge in [0.25, 0.3) is 0 Å². The summed E-state index contributed by atoms with van der Waals surface area (Å²) in [5.41, 5.74) is 0. The minimum absolute atomic E-state index is 0.138. The molecule has 106 valence electrons. The van der Waals surface area contributed by atoms with Gasteiger partial charge in [-0.1, -0.05) is 0 Å². The molecule has 7 nitrogen and oxygen atoms in total. The molecular formula is C10H21N3O4S. The molecule has 1 fully saturated rings. The van der Waals surface area contributed by atoms with Crippen LogP contribution in [-0.4, -0.2) is 52.1 Å². The Bertz CT molecular complexity index is 365. The van der Waals surface area contributed by atoms with Gasteiger partial charge in [-0.3, -0.25) is 0 Å². The standard InChI is InChI=1S/C10H21N3O4S/c1-3-17-10(14)12-18(15,16)13(2)8-9-4-6-11-7-5-9/h9,11H,3-8H2,1-2H3,(H,12,14). The zero-order valence-electron chi connectivity index (χ0n) is 10.8. The smallest absolute Gasteiger partial charge is 0.421 e. The average molecular weight is 279 g/mol. The van der Waals surface area contributed by atoms with E-state index in [9.17, 15) is 13.2 Å². The average Bonchev–Trinajstić information content (AvgIpc) is 2.29. The highest BCUT2D eigenvalue weighted by Crippen LogP contribution is 2.13. The number of piperidine rings is 1. The van der Waals surface area contributed by atoms with Gasteiger partial charge in [0.05, 0.1) is 6.61 Å². The summed E-state index contributed by atoms with van der Waals surface area (Å²) in [6.07, 6.45) is 0.952. The highest BCUT2D eigenvalue weighted by Gasteiger charge is 2.24. The number of ether oxygens (including phenoxy) is 1. The Morgan fingerprint density at radius 2 is 2.06 bits per heavy atom. The molecule has 0 saturated carbocycles. The van der Waals surface area contributed by atoms with Crippen molar-refractivity contribution in [2.75, 3.05) is 33.3 Å². The van der Waals surface area contributed by atoms with Crippen LogP contribution in [0.3, 0.4) is 0 Å². The molecule has 0 aromatic carbocycles. The van der Waals surface area contributed by atoms with Gasteiger partial charge in [0.2, 0.25) is 0 Å². The molecule has 8 heteroatoms. The van der Waals surface area contributed by atoms with E-state index >= 15 is 0 Å². The Morgan fingerprint density at radius 3 is 2.61 bits per heavy atom. The molecule has 0 radical (unpaired) electrons. The zero-order valence-corrected chi connectivity index (χ0v) is 11.6. The number of rotatable bonds is 5. The first kappa shape index (κ1) is 15.2. The van der Waals surface area contributed by atoms with Gasteiger partial charge in [-0.15, -0.1) is 0 Å². The summed E-state index contributed by atoms with van der Waals surface area (Å²) in [6, 6.07) is 0. The molecule has 1 saturated heterocycles. The lowest BCUT2D eigenvalue weighted by Gasteiger charge is -2.26. The molecule has 1 aliphatic heterocycles. The van der Waals surface area contributed by atoms with Crippen LogP contribution < -0.4 is 10.0 Å². The number of nitrogens with zero attached hydrogens (tertiary/aromatic N) is 1. The highest BCUT2D eigenvalue weighted by molar-refractivity contribution is 7.87. The van der Waals surface area contributed by atoms with E-state index in [0.29, 0.717) is 12.5 Å². The van der Waals surface area contributed by atoms with Crippen LogP contribution in [0.25, 0.3) is 0 Å². The van der Waals surface area contributed by atoms with Gasteiger partial charge in [-0.2, -0.15) is 12.7 Å². The van der Waals surface area contributed by atoms with Crippen molar-refractivity contribution in [3.05, 3.63) is 0 Å². The predicted molar refractivity (Wildman–Crippen MR) is 67.3 cm³/mol. The Labute approximate surface area is 108 Å². The summed E-state index contributed by atoms with van der Waals surface area (Å²) >= 11 is 0. The van der Waals surface area contributed by atoms with E-state index in [4.69, 9.17) is 0 Å². The Morgan fingerprint density at radius 1 is 1.44 bits per heavy atom. The first-order valence-electron chi connectivity index (χ1n) is 6.07. The first-order valence-corrected chi connectivity index (χ1v) is 7.51. The van der Waals surface area contributed by atoms with Crippen LogP contribution in [0.15, 0.2) is 0 Å². The minimum Gasteiger partial charge on any atom is -0.449 e. The lowest BCUT2D eigenvalue weighted by molar-refractivity contribution is 0.158. The summed E-state index contributed by atoms with van der Waals surface area (Å²) in [7, 11) is -2.33. The van der Waals surface area contributed by atoms with Gasteiger partial charge >= 0.3 is 16.3 Å². The van der Waals surface area contributed by atoms with Crippen LogP contribution >= 0.6 is 0 Å². The fourth-order valence-electron chi connectivity index (χ4n) is 1.87. The van der Waals surface area contributed by atoms with Gasteiger partial charge in [-0.05, 0) is 38.8 Å². The number of nitrogens with one attached hydrogen (secondary N) is 2. The number of hydrogen-bond donors (Lipinski definition) is 2. The van der Waals surface area contributed by atoms with Gasteiger partial charge < -0.3 is 10.1 Å². The van der Waals surface area contributed by atoms with E-state index in [-0.39, 0.29) is 6.61 Å². The van der Waals surface area contributed by atoms with E-state index < -0.39 is 16.3 Å². The maximum Gasteiger partial charge on any atom is 0.421 e. The fourth-order valence-corrected chi connectivity index (χ4v) is 2.70.